The molecule has 0 amide bonds. The van der Waals surface area contributed by atoms with Gasteiger partial charge in [0.15, 0.2) is 17.4 Å². The average molecular weight is 272 g/mol. The molecule has 0 aliphatic heterocycles. The van der Waals surface area contributed by atoms with Crippen molar-refractivity contribution in [3.8, 4) is 5.75 Å². The molecule has 1 N–H and O–H groups in total. The van der Waals surface area contributed by atoms with Crippen LogP contribution in [0.3, 0.4) is 0 Å². The van der Waals surface area contributed by atoms with E-state index in [1.807, 2.05) is 0 Å². The maximum Gasteiger partial charge on any atom is 0.328 e. The van der Waals surface area contributed by atoms with Crippen LogP contribution in [0.1, 0.15) is 12.5 Å². The van der Waals surface area contributed by atoms with Gasteiger partial charge in [-0.05, 0) is 30.7 Å². The second-order valence-corrected chi connectivity index (χ2v) is 3.84. The Kier molecular flexibility index (Phi) is 5.44. The minimum absolute atomic E-state index is 0.00858. The number of hydrogen-bond donors (Lipinski definition) is 1. The number of ether oxygens (including phenoxy) is 2. The lowest BCUT2D eigenvalue weighted by Gasteiger charge is -2.13. The van der Waals surface area contributed by atoms with Crippen molar-refractivity contribution in [3.63, 3.8) is 0 Å². The third kappa shape index (κ3) is 4.67. The zero-order valence-corrected chi connectivity index (χ0v) is 10.5. The van der Waals surface area contributed by atoms with Gasteiger partial charge in [-0.2, -0.15) is 0 Å². The molecule has 0 aliphatic carbocycles. The van der Waals surface area contributed by atoms with Crippen molar-refractivity contribution in [3.05, 3.63) is 35.4 Å². The van der Waals surface area contributed by atoms with E-state index in [-0.39, 0.29) is 18.3 Å². The summed E-state index contributed by atoms with van der Waals surface area (Å²) in [5.41, 5.74) is 0.101. The molecule has 0 saturated carbocycles. The van der Waals surface area contributed by atoms with Gasteiger partial charge in [0.2, 0.25) is 0 Å². The number of carboxylic acids is 1. The second-order valence-electron chi connectivity index (χ2n) is 3.84. The molecular formula is C13H14F2O4. The van der Waals surface area contributed by atoms with Gasteiger partial charge in [0.25, 0.3) is 0 Å². The van der Waals surface area contributed by atoms with Crippen LogP contribution in [0.5, 0.6) is 5.75 Å². The fraction of sp³-hybridized carbons (Fsp3) is 0.308. The highest BCUT2D eigenvalue weighted by Crippen LogP contribution is 2.24. The van der Waals surface area contributed by atoms with Crippen LogP contribution in [-0.2, 0) is 9.53 Å². The van der Waals surface area contributed by atoms with E-state index in [4.69, 9.17) is 14.6 Å². The predicted molar refractivity (Wildman–Crippen MR) is 65.0 cm³/mol. The lowest BCUT2D eigenvalue weighted by molar-refractivity contribution is -0.131. The number of carbonyl (C=O) groups is 1. The first-order valence-electron chi connectivity index (χ1n) is 5.49. The molecule has 1 unspecified atom stereocenters. The van der Waals surface area contributed by atoms with Gasteiger partial charge < -0.3 is 14.6 Å². The molecule has 19 heavy (non-hydrogen) atoms. The van der Waals surface area contributed by atoms with Crippen molar-refractivity contribution in [1.29, 1.82) is 0 Å². The van der Waals surface area contributed by atoms with Gasteiger partial charge in [0, 0.05) is 13.2 Å². The minimum Gasteiger partial charge on any atom is -0.485 e. The molecule has 0 aliphatic rings. The van der Waals surface area contributed by atoms with E-state index in [2.05, 4.69) is 0 Å². The van der Waals surface area contributed by atoms with Crippen molar-refractivity contribution in [2.24, 2.45) is 0 Å². The predicted octanol–water partition coefficient (Wildman–Crippen LogP) is 2.48. The van der Waals surface area contributed by atoms with Crippen LogP contribution in [0.2, 0.25) is 0 Å². The smallest absolute Gasteiger partial charge is 0.328 e. The Bertz CT molecular complexity index is 463. The molecule has 0 spiro atoms. The van der Waals surface area contributed by atoms with Gasteiger partial charge in [0.1, 0.15) is 6.61 Å². The summed E-state index contributed by atoms with van der Waals surface area (Å²) in [5, 5.41) is 8.43. The van der Waals surface area contributed by atoms with Gasteiger partial charge in [-0.15, -0.1) is 0 Å². The third-order valence-electron chi connectivity index (χ3n) is 2.30. The van der Waals surface area contributed by atoms with E-state index in [9.17, 15) is 13.6 Å². The number of benzene rings is 1. The first-order valence-corrected chi connectivity index (χ1v) is 5.49. The summed E-state index contributed by atoms with van der Waals surface area (Å²) in [7, 11) is 1.46. The number of carboxylic acid groups (broad SMARTS) is 1. The van der Waals surface area contributed by atoms with E-state index in [1.54, 1.807) is 6.92 Å². The van der Waals surface area contributed by atoms with E-state index < -0.39 is 23.4 Å². The Hall–Kier alpha value is -1.95. The van der Waals surface area contributed by atoms with Crippen molar-refractivity contribution < 1.29 is 28.2 Å². The van der Waals surface area contributed by atoms with E-state index >= 15 is 0 Å². The highest BCUT2D eigenvalue weighted by molar-refractivity contribution is 5.85. The fourth-order valence-corrected chi connectivity index (χ4v) is 1.25. The lowest BCUT2D eigenvalue weighted by Crippen LogP contribution is -2.17. The Labute approximate surface area is 109 Å². The Morgan fingerprint density at radius 3 is 2.47 bits per heavy atom. The zero-order valence-electron chi connectivity index (χ0n) is 10.5. The summed E-state index contributed by atoms with van der Waals surface area (Å²) in [5.74, 6) is -3.49. The van der Waals surface area contributed by atoms with Crippen molar-refractivity contribution in [1.82, 2.24) is 0 Å². The molecule has 1 rings (SSSR count). The van der Waals surface area contributed by atoms with Gasteiger partial charge in [-0.3, -0.25) is 0 Å². The second kappa shape index (κ2) is 6.84. The fourth-order valence-electron chi connectivity index (χ4n) is 1.25. The summed E-state index contributed by atoms with van der Waals surface area (Å²) in [6, 6.07) is 1.99. The van der Waals surface area contributed by atoms with Crippen molar-refractivity contribution in [2.45, 2.75) is 13.0 Å². The quantitative estimate of drug-likeness (QED) is 0.808. The Balaban J connectivity index is 2.88. The van der Waals surface area contributed by atoms with Crippen LogP contribution in [0.4, 0.5) is 8.78 Å². The molecule has 0 bridgehead atoms. The van der Waals surface area contributed by atoms with Crippen LogP contribution in [0.15, 0.2) is 18.2 Å². The van der Waals surface area contributed by atoms with Crippen molar-refractivity contribution in [2.75, 3.05) is 13.7 Å². The normalized spacial score (nSPS) is 12.6. The van der Waals surface area contributed by atoms with Gasteiger partial charge in [0.05, 0.1) is 6.10 Å². The number of rotatable bonds is 6. The molecule has 6 heteroatoms. The Morgan fingerprint density at radius 2 is 2.00 bits per heavy atom. The summed E-state index contributed by atoms with van der Waals surface area (Å²) >= 11 is 0. The van der Waals surface area contributed by atoms with Crippen molar-refractivity contribution >= 4 is 12.0 Å². The van der Waals surface area contributed by atoms with Crippen LogP contribution < -0.4 is 4.74 Å². The maximum atomic E-state index is 13.6. The van der Waals surface area contributed by atoms with Gasteiger partial charge in [-0.25, -0.2) is 13.6 Å². The average Bonchev–Trinajstić information content (AvgIpc) is 2.34. The highest BCUT2D eigenvalue weighted by Gasteiger charge is 2.13. The number of halogens is 2. The first kappa shape index (κ1) is 15.1. The molecule has 0 fully saturated rings. The maximum absolute atomic E-state index is 13.6. The SMILES string of the molecule is COC(C)COc1c(F)cc(/C=C/C(=O)O)cc1F. The monoisotopic (exact) mass is 272 g/mol. The van der Waals surface area contributed by atoms with E-state index in [0.29, 0.717) is 0 Å². The topological polar surface area (TPSA) is 55.8 Å². The third-order valence-corrected chi connectivity index (χ3v) is 2.30. The molecule has 0 radical (unpaired) electrons. The molecular weight excluding hydrogens is 258 g/mol. The first-order chi connectivity index (χ1) is 8.93. The van der Waals surface area contributed by atoms with Crippen LogP contribution in [0, 0.1) is 11.6 Å². The zero-order chi connectivity index (χ0) is 14.4. The number of methoxy groups -OCH3 is 1. The molecule has 1 atom stereocenters. The number of hydrogen-bond acceptors (Lipinski definition) is 3. The summed E-state index contributed by atoms with van der Waals surface area (Å²) in [6.07, 6.45) is 1.59. The largest absolute Gasteiger partial charge is 0.485 e. The molecule has 104 valence electrons. The highest BCUT2D eigenvalue weighted by atomic mass is 19.1. The van der Waals surface area contributed by atoms with Crippen LogP contribution in [0.25, 0.3) is 6.08 Å². The summed E-state index contributed by atoms with van der Waals surface area (Å²) in [6.45, 7) is 1.70. The molecule has 0 heterocycles. The minimum atomic E-state index is -1.20. The summed E-state index contributed by atoms with van der Waals surface area (Å²) in [4.78, 5) is 10.3. The molecule has 4 nitrogen and oxygen atoms in total. The van der Waals surface area contributed by atoms with E-state index in [0.717, 1.165) is 24.3 Å². The Morgan fingerprint density at radius 1 is 1.42 bits per heavy atom. The lowest BCUT2D eigenvalue weighted by atomic mass is 10.2. The van der Waals surface area contributed by atoms with Crippen LogP contribution in [-0.4, -0.2) is 30.9 Å². The molecule has 0 aromatic heterocycles. The summed E-state index contributed by atoms with van der Waals surface area (Å²) < 4.78 is 37.1. The molecule has 1 aromatic rings. The van der Waals surface area contributed by atoms with Crippen LogP contribution >= 0.6 is 0 Å². The van der Waals surface area contributed by atoms with Gasteiger partial charge >= 0.3 is 5.97 Å². The molecule has 0 saturated heterocycles. The molecule has 1 aromatic carbocycles. The van der Waals surface area contributed by atoms with Gasteiger partial charge in [-0.1, -0.05) is 0 Å². The standard InChI is InChI=1S/C13H14F2O4/c1-8(18-2)7-19-13-10(14)5-9(6-11(13)15)3-4-12(16)17/h3-6,8H,7H2,1-2H3,(H,16,17)/b4-3+. The number of aliphatic carboxylic acids is 1. The van der Waals surface area contributed by atoms with E-state index in [1.165, 1.54) is 7.11 Å².